The number of hydrazone groups is 1. The van der Waals surface area contributed by atoms with Gasteiger partial charge in [-0.2, -0.15) is 5.10 Å². The van der Waals surface area contributed by atoms with Crippen molar-refractivity contribution in [3.8, 4) is 0 Å². The van der Waals surface area contributed by atoms with Gasteiger partial charge in [0.15, 0.2) is 0 Å². The van der Waals surface area contributed by atoms with Gasteiger partial charge in [0.25, 0.3) is 0 Å². The highest BCUT2D eigenvalue weighted by molar-refractivity contribution is 7.11. The first-order chi connectivity index (χ1) is 16.0. The molecule has 33 heavy (non-hydrogen) atoms. The third-order valence-corrected chi connectivity index (χ3v) is 7.07. The molecule has 0 radical (unpaired) electrons. The van der Waals surface area contributed by atoms with Crippen molar-refractivity contribution in [1.29, 1.82) is 0 Å². The van der Waals surface area contributed by atoms with E-state index >= 15 is 0 Å². The largest absolute Gasteiger partial charge is 0.273 e. The van der Waals surface area contributed by atoms with Crippen LogP contribution in [0.4, 0.5) is 0 Å². The lowest BCUT2D eigenvalue weighted by Crippen LogP contribution is -2.26. The normalized spacial score (nSPS) is 16.4. The van der Waals surface area contributed by atoms with Crippen LogP contribution in [0.15, 0.2) is 89.4 Å². The van der Waals surface area contributed by atoms with Gasteiger partial charge >= 0.3 is 0 Å². The summed E-state index contributed by atoms with van der Waals surface area (Å²) in [4.78, 5) is 14.3. The van der Waals surface area contributed by atoms with Gasteiger partial charge in [-0.1, -0.05) is 66.2 Å². The van der Waals surface area contributed by atoms with E-state index in [2.05, 4.69) is 93.4 Å². The van der Waals surface area contributed by atoms with E-state index < -0.39 is 0 Å². The van der Waals surface area contributed by atoms with Crippen molar-refractivity contribution in [1.82, 2.24) is 5.01 Å². The number of carbonyl (C=O) groups is 1. The van der Waals surface area contributed by atoms with Crippen LogP contribution in [-0.4, -0.2) is 16.6 Å². The second-order valence-corrected chi connectivity index (χ2v) is 9.48. The second-order valence-electron chi connectivity index (χ2n) is 8.54. The number of aryl methyl sites for hydroxylation is 2. The van der Waals surface area contributed by atoms with Crippen LogP contribution in [0.3, 0.4) is 0 Å². The number of hydrogen-bond acceptors (Lipinski definition) is 3. The maximum Gasteiger partial charge on any atom is 0.243 e. The van der Waals surface area contributed by atoms with E-state index in [9.17, 15) is 4.79 Å². The molecule has 0 fully saturated rings. The second kappa shape index (κ2) is 10.1. The molecule has 2 heterocycles. The Kier molecular flexibility index (Phi) is 7.05. The molecule has 0 spiro atoms. The maximum atomic E-state index is 13.1. The third-order valence-electron chi connectivity index (χ3n) is 6.18. The number of carbonyl (C=O) groups excluding carboxylic acids is 1. The fraction of sp³-hybridized carbons (Fsp3) is 0.241. The monoisotopic (exact) mass is 454 g/mol. The Morgan fingerprint density at radius 1 is 1.12 bits per heavy atom. The summed E-state index contributed by atoms with van der Waals surface area (Å²) < 4.78 is 0. The van der Waals surface area contributed by atoms with Crippen LogP contribution in [0.25, 0.3) is 5.57 Å². The van der Waals surface area contributed by atoms with Crippen LogP contribution in [0, 0.1) is 13.8 Å². The van der Waals surface area contributed by atoms with Crippen LogP contribution in [0.2, 0.25) is 0 Å². The molecule has 0 saturated carbocycles. The summed E-state index contributed by atoms with van der Waals surface area (Å²) in [7, 11) is 0. The SMILES string of the molecule is C=CCCC(=O)N1N=C(/C(C)=C(\c2cccs2)c2ccccc2C)CC1c1ccc(C)cc1. The predicted octanol–water partition coefficient (Wildman–Crippen LogP) is 7.48. The summed E-state index contributed by atoms with van der Waals surface area (Å²) in [6.07, 6.45) is 3.56. The third kappa shape index (κ3) is 4.91. The molecule has 0 N–H and O–H groups in total. The zero-order valence-electron chi connectivity index (χ0n) is 19.5. The van der Waals surface area contributed by atoms with E-state index in [1.54, 1.807) is 22.4 Å². The average molecular weight is 455 g/mol. The molecule has 1 unspecified atom stereocenters. The highest BCUT2D eigenvalue weighted by Crippen LogP contribution is 2.38. The van der Waals surface area contributed by atoms with E-state index in [1.165, 1.54) is 27.1 Å². The van der Waals surface area contributed by atoms with Crippen LogP contribution >= 0.6 is 11.3 Å². The van der Waals surface area contributed by atoms with Gasteiger partial charge in [0, 0.05) is 23.3 Å². The molecule has 0 aliphatic carbocycles. The quantitative estimate of drug-likeness (QED) is 0.341. The van der Waals surface area contributed by atoms with E-state index in [4.69, 9.17) is 5.10 Å². The number of thiophene rings is 1. The van der Waals surface area contributed by atoms with Gasteiger partial charge in [-0.25, -0.2) is 5.01 Å². The molecule has 1 aliphatic heterocycles. The van der Waals surface area contributed by atoms with Gasteiger partial charge in [-0.3, -0.25) is 4.79 Å². The summed E-state index contributed by atoms with van der Waals surface area (Å²) in [6, 6.07) is 21.1. The minimum atomic E-state index is -0.0886. The molecule has 4 rings (SSSR count). The molecule has 168 valence electrons. The minimum absolute atomic E-state index is 0.0387. The highest BCUT2D eigenvalue weighted by atomic mass is 32.1. The van der Waals surface area contributed by atoms with Gasteiger partial charge in [0.2, 0.25) is 5.91 Å². The van der Waals surface area contributed by atoms with Crippen molar-refractivity contribution in [2.24, 2.45) is 5.10 Å². The van der Waals surface area contributed by atoms with Crippen molar-refractivity contribution in [3.05, 3.63) is 111 Å². The molecular weight excluding hydrogens is 424 g/mol. The lowest BCUT2D eigenvalue weighted by molar-refractivity contribution is -0.132. The fourth-order valence-electron chi connectivity index (χ4n) is 4.29. The lowest BCUT2D eigenvalue weighted by atomic mass is 9.90. The number of nitrogens with zero attached hydrogens (tertiary/aromatic N) is 2. The first-order valence-corrected chi connectivity index (χ1v) is 12.3. The molecule has 1 aromatic heterocycles. The maximum absolute atomic E-state index is 13.1. The number of amides is 1. The smallest absolute Gasteiger partial charge is 0.243 e. The first-order valence-electron chi connectivity index (χ1n) is 11.4. The Labute approximate surface area is 200 Å². The highest BCUT2D eigenvalue weighted by Gasteiger charge is 2.33. The molecule has 1 amide bonds. The molecule has 3 aromatic rings. The summed E-state index contributed by atoms with van der Waals surface area (Å²) in [5.74, 6) is 0.0387. The lowest BCUT2D eigenvalue weighted by Gasteiger charge is -2.22. The average Bonchev–Trinajstić information content (AvgIpc) is 3.50. The number of allylic oxidation sites excluding steroid dienone is 2. The Balaban J connectivity index is 1.80. The zero-order valence-corrected chi connectivity index (χ0v) is 20.4. The molecule has 1 atom stereocenters. The van der Waals surface area contributed by atoms with E-state index in [0.29, 0.717) is 19.3 Å². The summed E-state index contributed by atoms with van der Waals surface area (Å²) in [5.41, 5.74) is 8.06. The van der Waals surface area contributed by atoms with Gasteiger partial charge in [-0.15, -0.1) is 17.9 Å². The van der Waals surface area contributed by atoms with Gasteiger partial charge in [0.05, 0.1) is 11.8 Å². The number of benzene rings is 2. The van der Waals surface area contributed by atoms with Crippen molar-refractivity contribution in [2.75, 3.05) is 0 Å². The molecule has 1 aliphatic rings. The van der Waals surface area contributed by atoms with E-state index in [1.807, 2.05) is 0 Å². The Morgan fingerprint density at radius 3 is 2.55 bits per heavy atom. The molecule has 0 saturated heterocycles. The minimum Gasteiger partial charge on any atom is -0.273 e. The predicted molar refractivity (Wildman–Crippen MR) is 139 cm³/mol. The zero-order chi connectivity index (χ0) is 23.4. The molecule has 0 bridgehead atoms. The van der Waals surface area contributed by atoms with Gasteiger partial charge < -0.3 is 0 Å². The Morgan fingerprint density at radius 2 is 1.88 bits per heavy atom. The number of rotatable bonds is 7. The summed E-state index contributed by atoms with van der Waals surface area (Å²) in [5, 5.41) is 8.73. The van der Waals surface area contributed by atoms with Crippen molar-refractivity contribution >= 4 is 28.5 Å². The number of hydrogen-bond donors (Lipinski definition) is 0. The van der Waals surface area contributed by atoms with Gasteiger partial charge in [0.1, 0.15) is 0 Å². The fourth-order valence-corrected chi connectivity index (χ4v) is 5.14. The summed E-state index contributed by atoms with van der Waals surface area (Å²) >= 11 is 1.73. The standard InChI is InChI=1S/C29H30N2OS/c1-5-6-13-28(32)31-26(23-16-14-20(2)15-17-23)19-25(30-31)22(4)29(27-12-9-18-33-27)24-11-8-7-10-21(24)3/h5,7-12,14-18,26H,1,6,13,19H2,2-4H3/b29-22-. The first kappa shape index (κ1) is 22.9. The molecule has 4 heteroatoms. The van der Waals surface area contributed by atoms with Gasteiger partial charge in [-0.05, 0) is 60.9 Å². The molecule has 2 aromatic carbocycles. The topological polar surface area (TPSA) is 32.7 Å². The Bertz CT molecular complexity index is 1200. The van der Waals surface area contributed by atoms with Crippen molar-refractivity contribution < 1.29 is 4.79 Å². The van der Waals surface area contributed by atoms with E-state index in [-0.39, 0.29) is 11.9 Å². The van der Waals surface area contributed by atoms with Crippen LogP contribution < -0.4 is 0 Å². The van der Waals surface area contributed by atoms with Crippen molar-refractivity contribution in [2.45, 2.75) is 46.1 Å². The van der Waals surface area contributed by atoms with Crippen LogP contribution in [0.5, 0.6) is 0 Å². The Hall–Kier alpha value is -3.24. The van der Waals surface area contributed by atoms with E-state index in [0.717, 1.165) is 16.8 Å². The summed E-state index contributed by atoms with van der Waals surface area (Å²) in [6.45, 7) is 10.1. The van der Waals surface area contributed by atoms with Crippen molar-refractivity contribution in [3.63, 3.8) is 0 Å². The molecule has 3 nitrogen and oxygen atoms in total. The van der Waals surface area contributed by atoms with Crippen LogP contribution in [0.1, 0.15) is 59.4 Å². The molecular formula is C29H30N2OS. The van der Waals surface area contributed by atoms with Crippen LogP contribution in [-0.2, 0) is 4.79 Å².